The maximum Gasteiger partial charge on any atom is 0.347 e. The lowest BCUT2D eigenvalue weighted by Gasteiger charge is -2.30. The van der Waals surface area contributed by atoms with Crippen LogP contribution in [0.15, 0.2) is 52.1 Å². The zero-order valence-corrected chi connectivity index (χ0v) is 23.1. The van der Waals surface area contributed by atoms with E-state index in [9.17, 15) is 19.2 Å². The maximum atomic E-state index is 13.5. The molecule has 38 heavy (non-hydrogen) atoms. The van der Waals surface area contributed by atoms with Gasteiger partial charge in [-0.05, 0) is 50.6 Å². The molecule has 0 bridgehead atoms. The molecule has 11 nitrogen and oxygen atoms in total. The van der Waals surface area contributed by atoms with Crippen LogP contribution < -0.4 is 25.4 Å². The number of para-hydroxylation sites is 1. The first kappa shape index (κ1) is 28.5. The summed E-state index contributed by atoms with van der Waals surface area (Å²) in [7, 11) is 2.67. The van der Waals surface area contributed by atoms with Gasteiger partial charge in [-0.2, -0.15) is 0 Å². The molecule has 0 unspecified atom stereocenters. The Morgan fingerprint density at radius 3 is 2.50 bits per heavy atom. The molecule has 12 heteroatoms. The van der Waals surface area contributed by atoms with Gasteiger partial charge in [0.2, 0.25) is 0 Å². The van der Waals surface area contributed by atoms with Crippen molar-refractivity contribution in [2.24, 2.45) is 0 Å². The fourth-order valence-corrected chi connectivity index (χ4v) is 4.37. The summed E-state index contributed by atoms with van der Waals surface area (Å²) in [4.78, 5) is 50.1. The van der Waals surface area contributed by atoms with Crippen molar-refractivity contribution in [1.82, 2.24) is 10.6 Å². The van der Waals surface area contributed by atoms with E-state index < -0.39 is 36.0 Å². The zero-order chi connectivity index (χ0) is 28.0. The molecule has 1 aliphatic heterocycles. The number of hydrogen-bond acceptors (Lipinski definition) is 8. The molecule has 0 saturated carbocycles. The van der Waals surface area contributed by atoms with Crippen LogP contribution in [0.3, 0.4) is 0 Å². The lowest BCUT2D eigenvalue weighted by atomic mass is 9.94. The van der Waals surface area contributed by atoms with Gasteiger partial charge in [-0.3, -0.25) is 4.79 Å². The van der Waals surface area contributed by atoms with Gasteiger partial charge in [-0.25, -0.2) is 14.4 Å². The second-order valence-electron chi connectivity index (χ2n) is 8.10. The number of hydrogen-bond donors (Lipinski definition) is 3. The van der Waals surface area contributed by atoms with Gasteiger partial charge in [-0.1, -0.05) is 28.1 Å². The van der Waals surface area contributed by atoms with E-state index in [0.717, 1.165) is 0 Å². The van der Waals surface area contributed by atoms with Gasteiger partial charge < -0.3 is 34.9 Å². The van der Waals surface area contributed by atoms with Crippen LogP contribution >= 0.6 is 15.9 Å². The molecule has 202 valence electrons. The minimum atomic E-state index is -0.908. The average Bonchev–Trinajstić information content (AvgIpc) is 2.88. The molecule has 0 radical (unpaired) electrons. The van der Waals surface area contributed by atoms with Crippen LogP contribution in [0.4, 0.5) is 10.5 Å². The first-order valence-corrected chi connectivity index (χ1v) is 12.4. The van der Waals surface area contributed by atoms with Gasteiger partial charge >= 0.3 is 18.0 Å². The standard InChI is InChI=1S/C26H28BrN3O8/c1-6-37-24(32)14(3)38-20-12-17(27)16(11-19(20)35-4)22-21(13(2)28-26(34)30-22)23(31)29-18-10-8-7-9-15(18)25(33)36-5/h7-12,14,22H,6H2,1-5H3,(H,29,31)(H2,28,30,34)/t14-,22+/m0/s1. The molecule has 0 aromatic heterocycles. The van der Waals surface area contributed by atoms with Crippen molar-refractivity contribution in [3.63, 3.8) is 0 Å². The molecule has 2 atom stereocenters. The second-order valence-corrected chi connectivity index (χ2v) is 8.95. The molecular formula is C26H28BrN3O8. The molecular weight excluding hydrogens is 562 g/mol. The van der Waals surface area contributed by atoms with Crippen LogP contribution in [0.2, 0.25) is 0 Å². The number of carbonyl (C=O) groups is 4. The summed E-state index contributed by atoms with van der Waals surface area (Å²) in [5.74, 6) is -1.19. The maximum absolute atomic E-state index is 13.5. The molecule has 2 aromatic rings. The van der Waals surface area contributed by atoms with E-state index in [1.54, 1.807) is 51.1 Å². The summed E-state index contributed by atoms with van der Waals surface area (Å²) in [6, 6.07) is 8.16. The molecule has 3 rings (SSSR count). The SMILES string of the molecule is CCOC(=O)[C@H](C)Oc1cc(Br)c([C@H]2NC(=O)NC(C)=C2C(=O)Nc2ccccc2C(=O)OC)cc1OC. The Hall–Kier alpha value is -4.06. The predicted molar refractivity (Wildman–Crippen MR) is 141 cm³/mol. The number of anilines is 1. The Bertz CT molecular complexity index is 1290. The predicted octanol–water partition coefficient (Wildman–Crippen LogP) is 3.84. The van der Waals surface area contributed by atoms with Crippen LogP contribution in [0.1, 0.15) is 42.7 Å². The molecule has 1 heterocycles. The van der Waals surface area contributed by atoms with Crippen LogP contribution in [0.5, 0.6) is 11.5 Å². The summed E-state index contributed by atoms with van der Waals surface area (Å²) < 4.78 is 21.5. The normalized spacial score (nSPS) is 15.5. The van der Waals surface area contributed by atoms with Gasteiger partial charge in [0.1, 0.15) is 0 Å². The van der Waals surface area contributed by atoms with E-state index in [1.807, 2.05) is 0 Å². The number of nitrogens with one attached hydrogen (secondary N) is 3. The summed E-state index contributed by atoms with van der Waals surface area (Å²) in [5.41, 5.74) is 1.41. The summed E-state index contributed by atoms with van der Waals surface area (Å²) in [5, 5.41) is 8.10. The minimum absolute atomic E-state index is 0.172. The summed E-state index contributed by atoms with van der Waals surface area (Å²) >= 11 is 3.49. The third-order valence-electron chi connectivity index (χ3n) is 5.61. The molecule has 3 N–H and O–H groups in total. The fourth-order valence-electron chi connectivity index (χ4n) is 3.82. The Morgan fingerprint density at radius 1 is 1.13 bits per heavy atom. The molecule has 1 aliphatic rings. The molecule has 3 amide bonds. The van der Waals surface area contributed by atoms with E-state index in [0.29, 0.717) is 15.7 Å². The van der Waals surface area contributed by atoms with E-state index in [2.05, 4.69) is 31.9 Å². The molecule has 0 fully saturated rings. The number of amides is 3. The number of halogens is 1. The quantitative estimate of drug-likeness (QED) is 0.374. The van der Waals surface area contributed by atoms with Crippen molar-refractivity contribution in [2.45, 2.75) is 32.9 Å². The highest BCUT2D eigenvalue weighted by Crippen LogP contribution is 2.40. The lowest BCUT2D eigenvalue weighted by Crippen LogP contribution is -2.46. The first-order chi connectivity index (χ1) is 18.1. The van der Waals surface area contributed by atoms with E-state index in [-0.39, 0.29) is 34.9 Å². The summed E-state index contributed by atoms with van der Waals surface area (Å²) in [6.07, 6.45) is -0.904. The summed E-state index contributed by atoms with van der Waals surface area (Å²) in [6.45, 7) is 5.05. The van der Waals surface area contributed by atoms with Crippen LogP contribution in [-0.4, -0.2) is 50.8 Å². The largest absolute Gasteiger partial charge is 0.493 e. The fraction of sp³-hybridized carbons (Fsp3) is 0.308. The van der Waals surface area contributed by atoms with E-state index in [1.165, 1.54) is 20.3 Å². The zero-order valence-electron chi connectivity index (χ0n) is 21.5. The number of esters is 2. The number of methoxy groups -OCH3 is 2. The number of allylic oxidation sites excluding steroid dienone is 1. The number of carbonyl (C=O) groups excluding carboxylic acids is 4. The minimum Gasteiger partial charge on any atom is -0.493 e. The van der Waals surface area contributed by atoms with Gasteiger partial charge in [0.15, 0.2) is 17.6 Å². The molecule has 0 saturated heterocycles. The van der Waals surface area contributed by atoms with Crippen LogP contribution in [0.25, 0.3) is 0 Å². The van der Waals surface area contributed by atoms with Crippen LogP contribution in [-0.2, 0) is 19.1 Å². The van der Waals surface area contributed by atoms with Gasteiger partial charge in [0.25, 0.3) is 5.91 Å². The van der Waals surface area contributed by atoms with E-state index >= 15 is 0 Å². The Balaban J connectivity index is 2.00. The Kier molecular flexibility index (Phi) is 9.35. The smallest absolute Gasteiger partial charge is 0.347 e. The second kappa shape index (κ2) is 12.5. The first-order valence-electron chi connectivity index (χ1n) is 11.6. The van der Waals surface area contributed by atoms with E-state index in [4.69, 9.17) is 18.9 Å². The van der Waals surface area contributed by atoms with Crippen molar-refractivity contribution < 1.29 is 38.1 Å². The highest BCUT2D eigenvalue weighted by atomic mass is 79.9. The molecule has 0 spiro atoms. The van der Waals surface area contributed by atoms with Gasteiger partial charge in [0, 0.05) is 10.2 Å². The van der Waals surface area contributed by atoms with Crippen molar-refractivity contribution >= 4 is 45.5 Å². The van der Waals surface area contributed by atoms with Crippen molar-refractivity contribution in [3.8, 4) is 11.5 Å². The third-order valence-corrected chi connectivity index (χ3v) is 6.30. The van der Waals surface area contributed by atoms with Gasteiger partial charge in [0.05, 0.1) is 43.7 Å². The van der Waals surface area contributed by atoms with Crippen molar-refractivity contribution in [1.29, 1.82) is 0 Å². The van der Waals surface area contributed by atoms with Crippen LogP contribution in [0, 0.1) is 0 Å². The number of benzene rings is 2. The van der Waals surface area contributed by atoms with Gasteiger partial charge in [-0.15, -0.1) is 0 Å². The number of urea groups is 1. The highest BCUT2D eigenvalue weighted by Gasteiger charge is 2.34. The van der Waals surface area contributed by atoms with Crippen molar-refractivity contribution in [2.75, 3.05) is 26.1 Å². The number of rotatable bonds is 9. The topological polar surface area (TPSA) is 141 Å². The molecule has 2 aromatic carbocycles. The Morgan fingerprint density at radius 2 is 1.84 bits per heavy atom. The average molecular weight is 590 g/mol. The number of ether oxygens (including phenoxy) is 4. The monoisotopic (exact) mass is 589 g/mol. The Labute approximate surface area is 228 Å². The lowest BCUT2D eigenvalue weighted by molar-refractivity contribution is -0.150. The van der Waals surface area contributed by atoms with Crippen molar-refractivity contribution in [3.05, 3.63) is 63.3 Å². The molecule has 0 aliphatic carbocycles. The third kappa shape index (κ3) is 6.25. The highest BCUT2D eigenvalue weighted by molar-refractivity contribution is 9.10.